The van der Waals surface area contributed by atoms with E-state index in [1.165, 1.54) is 0 Å². The minimum absolute atomic E-state index is 0.203. The number of hydrogen-bond acceptors (Lipinski definition) is 3. The van der Waals surface area contributed by atoms with E-state index in [1.807, 2.05) is 0 Å². The normalized spacial score (nSPS) is 29.0. The number of nitrogens with one attached hydrogen (secondary N) is 1. The monoisotopic (exact) mass is 168 g/mol. The van der Waals surface area contributed by atoms with Gasteiger partial charge < -0.3 is 10.1 Å². The minimum atomic E-state index is -0.398. The van der Waals surface area contributed by atoms with Crippen LogP contribution in [0.1, 0.15) is 12.8 Å². The molecule has 1 saturated heterocycles. The van der Waals surface area contributed by atoms with E-state index in [2.05, 4.69) is 15.3 Å². The van der Waals surface area contributed by atoms with Crippen LogP contribution in [0, 0.1) is 0 Å². The van der Waals surface area contributed by atoms with Crippen molar-refractivity contribution in [2.45, 2.75) is 24.5 Å². The van der Waals surface area contributed by atoms with E-state index < -0.39 is 6.09 Å². The van der Waals surface area contributed by atoms with Crippen molar-refractivity contribution in [1.29, 1.82) is 0 Å². The standard InChI is InChI=1S/C6H8N4O2/c7-10-8-3-4-6(1-2-6)9-5(11)12-4/h4H,1-3H2,(H,9,11). The Hall–Kier alpha value is -1.42. The summed E-state index contributed by atoms with van der Waals surface area (Å²) in [4.78, 5) is 13.4. The number of azide groups is 1. The van der Waals surface area contributed by atoms with Crippen LogP contribution in [0.2, 0.25) is 0 Å². The number of carbonyl (C=O) groups is 1. The van der Waals surface area contributed by atoms with Crippen molar-refractivity contribution in [2.24, 2.45) is 5.11 Å². The number of rotatable bonds is 2. The van der Waals surface area contributed by atoms with Gasteiger partial charge in [-0.25, -0.2) is 4.79 Å². The van der Waals surface area contributed by atoms with Crippen molar-refractivity contribution in [3.63, 3.8) is 0 Å². The molecular formula is C6H8N4O2. The third-order valence-corrected chi connectivity index (χ3v) is 2.32. The lowest BCUT2D eigenvalue weighted by molar-refractivity contribution is 0.133. The molecule has 1 unspecified atom stereocenters. The van der Waals surface area contributed by atoms with E-state index in [0.717, 1.165) is 12.8 Å². The Kier molecular flexibility index (Phi) is 1.38. The summed E-state index contributed by atoms with van der Waals surface area (Å²) in [6, 6.07) is 0. The van der Waals surface area contributed by atoms with E-state index in [9.17, 15) is 4.79 Å². The lowest BCUT2D eigenvalue weighted by atomic mass is 10.1. The molecule has 1 atom stereocenters. The van der Waals surface area contributed by atoms with Gasteiger partial charge in [-0.15, -0.1) is 0 Å². The number of amides is 1. The second-order valence-corrected chi connectivity index (χ2v) is 3.09. The smallest absolute Gasteiger partial charge is 0.408 e. The van der Waals surface area contributed by atoms with E-state index in [-0.39, 0.29) is 18.2 Å². The highest BCUT2D eigenvalue weighted by Crippen LogP contribution is 2.43. The van der Waals surface area contributed by atoms with Gasteiger partial charge in [-0.2, -0.15) is 0 Å². The highest BCUT2D eigenvalue weighted by Gasteiger charge is 2.57. The SMILES string of the molecule is [N-]=[N+]=NCC1OC(=O)NC12CC2. The fraction of sp³-hybridized carbons (Fsp3) is 0.833. The van der Waals surface area contributed by atoms with Crippen LogP contribution in [-0.2, 0) is 4.74 Å². The minimum Gasteiger partial charge on any atom is -0.444 e. The van der Waals surface area contributed by atoms with Crippen molar-refractivity contribution in [2.75, 3.05) is 6.54 Å². The Morgan fingerprint density at radius 3 is 3.17 bits per heavy atom. The summed E-state index contributed by atoms with van der Waals surface area (Å²) >= 11 is 0. The van der Waals surface area contributed by atoms with Crippen LogP contribution in [0.5, 0.6) is 0 Å². The van der Waals surface area contributed by atoms with Crippen molar-refractivity contribution in [3.8, 4) is 0 Å². The van der Waals surface area contributed by atoms with Crippen LogP contribution < -0.4 is 5.32 Å². The van der Waals surface area contributed by atoms with Gasteiger partial charge in [-0.05, 0) is 18.4 Å². The molecule has 0 bridgehead atoms. The molecule has 2 rings (SSSR count). The summed E-state index contributed by atoms with van der Waals surface area (Å²) in [5.41, 5.74) is 7.88. The molecule has 1 saturated carbocycles. The van der Waals surface area contributed by atoms with Gasteiger partial charge in [0.05, 0.1) is 12.1 Å². The van der Waals surface area contributed by atoms with Crippen molar-refractivity contribution in [1.82, 2.24) is 5.32 Å². The molecule has 0 aromatic heterocycles. The molecule has 1 N–H and O–H groups in total. The van der Waals surface area contributed by atoms with Gasteiger partial charge >= 0.3 is 6.09 Å². The summed E-state index contributed by atoms with van der Waals surface area (Å²) in [7, 11) is 0. The highest BCUT2D eigenvalue weighted by atomic mass is 16.6. The number of alkyl carbamates (subject to hydrolysis) is 1. The molecule has 0 aromatic rings. The van der Waals surface area contributed by atoms with Crippen molar-refractivity contribution in [3.05, 3.63) is 10.4 Å². The molecule has 0 aromatic carbocycles. The second-order valence-electron chi connectivity index (χ2n) is 3.09. The van der Waals surface area contributed by atoms with Crippen LogP contribution in [-0.4, -0.2) is 24.3 Å². The molecule has 1 heterocycles. The van der Waals surface area contributed by atoms with Gasteiger partial charge in [0.1, 0.15) is 6.10 Å². The maximum atomic E-state index is 10.8. The maximum Gasteiger partial charge on any atom is 0.408 e. The number of cyclic esters (lactones) is 1. The predicted molar refractivity (Wildman–Crippen MR) is 39.4 cm³/mol. The Labute approximate surface area is 68.5 Å². The Morgan fingerprint density at radius 2 is 2.58 bits per heavy atom. The van der Waals surface area contributed by atoms with Gasteiger partial charge in [0, 0.05) is 4.91 Å². The Bertz CT molecular complexity index is 267. The van der Waals surface area contributed by atoms with Gasteiger partial charge in [-0.1, -0.05) is 5.11 Å². The highest BCUT2D eigenvalue weighted by molar-refractivity contribution is 5.72. The van der Waals surface area contributed by atoms with Crippen LogP contribution in [0.25, 0.3) is 10.4 Å². The largest absolute Gasteiger partial charge is 0.444 e. The molecule has 1 amide bonds. The summed E-state index contributed by atoms with van der Waals surface area (Å²) in [6.07, 6.45) is 1.18. The van der Waals surface area contributed by atoms with E-state index in [1.54, 1.807) is 0 Å². The van der Waals surface area contributed by atoms with E-state index >= 15 is 0 Å². The Morgan fingerprint density at radius 1 is 1.83 bits per heavy atom. The molecule has 1 aliphatic carbocycles. The van der Waals surface area contributed by atoms with Gasteiger partial charge in [-0.3, -0.25) is 0 Å². The molecule has 6 nitrogen and oxygen atoms in total. The van der Waals surface area contributed by atoms with Crippen LogP contribution >= 0.6 is 0 Å². The molecule has 12 heavy (non-hydrogen) atoms. The van der Waals surface area contributed by atoms with Crippen molar-refractivity contribution < 1.29 is 9.53 Å². The van der Waals surface area contributed by atoms with Crippen LogP contribution in [0.15, 0.2) is 5.11 Å². The second kappa shape index (κ2) is 2.28. The summed E-state index contributed by atoms with van der Waals surface area (Å²) < 4.78 is 4.93. The first-order chi connectivity index (χ1) is 5.77. The number of hydrogen-bond donors (Lipinski definition) is 1. The van der Waals surface area contributed by atoms with Crippen LogP contribution in [0.3, 0.4) is 0 Å². The molecule has 0 radical (unpaired) electrons. The summed E-state index contributed by atoms with van der Waals surface area (Å²) in [5, 5.41) is 6.11. The molecular weight excluding hydrogens is 160 g/mol. The van der Waals surface area contributed by atoms with Gasteiger partial charge in [0.25, 0.3) is 0 Å². The van der Waals surface area contributed by atoms with Gasteiger partial charge in [0.15, 0.2) is 0 Å². The summed E-state index contributed by atoms with van der Waals surface area (Å²) in [5.74, 6) is 0. The maximum absolute atomic E-state index is 10.8. The summed E-state index contributed by atoms with van der Waals surface area (Å²) in [6.45, 7) is 0.231. The molecule has 1 spiro atoms. The van der Waals surface area contributed by atoms with Crippen LogP contribution in [0.4, 0.5) is 4.79 Å². The van der Waals surface area contributed by atoms with E-state index in [0.29, 0.717) is 0 Å². The molecule has 1 aliphatic heterocycles. The first-order valence-corrected chi connectivity index (χ1v) is 3.76. The lowest BCUT2D eigenvalue weighted by Crippen LogP contribution is -2.35. The molecule has 2 aliphatic rings. The topological polar surface area (TPSA) is 87.1 Å². The fourth-order valence-corrected chi connectivity index (χ4v) is 1.46. The first kappa shape index (κ1) is 7.24. The number of ether oxygens (including phenoxy) is 1. The first-order valence-electron chi connectivity index (χ1n) is 3.76. The average molecular weight is 168 g/mol. The zero-order valence-electron chi connectivity index (χ0n) is 6.36. The fourth-order valence-electron chi connectivity index (χ4n) is 1.46. The zero-order valence-corrected chi connectivity index (χ0v) is 6.36. The Balaban J connectivity index is 2.05. The number of nitrogens with zero attached hydrogens (tertiary/aromatic N) is 3. The third kappa shape index (κ3) is 0.967. The quantitative estimate of drug-likeness (QED) is 0.377. The number of carbonyl (C=O) groups excluding carboxylic acids is 1. The molecule has 6 heteroatoms. The zero-order chi connectivity index (χ0) is 8.60. The molecule has 2 fully saturated rings. The third-order valence-electron chi connectivity index (χ3n) is 2.32. The average Bonchev–Trinajstić information content (AvgIpc) is 2.70. The predicted octanol–water partition coefficient (Wildman–Crippen LogP) is 0.938. The molecule has 64 valence electrons. The lowest BCUT2D eigenvalue weighted by Gasteiger charge is -2.11. The van der Waals surface area contributed by atoms with Gasteiger partial charge in [0.2, 0.25) is 0 Å². The van der Waals surface area contributed by atoms with E-state index in [4.69, 9.17) is 10.3 Å². The van der Waals surface area contributed by atoms with Crippen molar-refractivity contribution >= 4 is 6.09 Å².